The van der Waals surface area contributed by atoms with Crippen LogP contribution in [0, 0.1) is 28.4 Å². The van der Waals surface area contributed by atoms with Crippen molar-refractivity contribution in [2.24, 2.45) is 16.7 Å². The molecule has 19 heavy (non-hydrogen) atoms. The largest absolute Gasteiger partial charge is 0.497 e. The van der Waals surface area contributed by atoms with E-state index in [1.165, 1.54) is 19.2 Å². The Morgan fingerprint density at radius 2 is 1.53 bits per heavy atom. The van der Waals surface area contributed by atoms with Gasteiger partial charge in [0.2, 0.25) is 0 Å². The van der Waals surface area contributed by atoms with E-state index in [0.717, 1.165) is 0 Å². The number of halogens is 3. The van der Waals surface area contributed by atoms with Crippen LogP contribution in [0.2, 0.25) is 0 Å². The van der Waals surface area contributed by atoms with Crippen LogP contribution in [0.25, 0.3) is 0 Å². The van der Waals surface area contributed by atoms with E-state index in [0.29, 0.717) is 0 Å². The van der Waals surface area contributed by atoms with Crippen LogP contribution in [-0.2, 0) is 0 Å². The second-order valence-electron chi connectivity index (χ2n) is 6.33. The highest BCUT2D eigenvalue weighted by atomic mass is 79.9. The molecule has 1 nitrogen and oxygen atoms in total. The van der Waals surface area contributed by atoms with E-state index in [9.17, 15) is 8.78 Å². The van der Waals surface area contributed by atoms with Crippen LogP contribution in [0.3, 0.4) is 0 Å². The minimum Gasteiger partial charge on any atom is -0.497 e. The zero-order valence-corrected chi connectivity index (χ0v) is 13.4. The SMILES string of the molecule is COc1cc(F)c(C(Br)C2C(C)(C)C2(C)C)c(F)c1. The summed E-state index contributed by atoms with van der Waals surface area (Å²) in [5.74, 6) is -0.723. The molecule has 0 N–H and O–H groups in total. The molecule has 0 heterocycles. The number of methoxy groups -OCH3 is 1. The summed E-state index contributed by atoms with van der Waals surface area (Å²) < 4.78 is 33.1. The maximum atomic E-state index is 14.1. The Kier molecular flexibility index (Phi) is 3.45. The van der Waals surface area contributed by atoms with E-state index in [1.807, 2.05) is 0 Å². The van der Waals surface area contributed by atoms with Crippen molar-refractivity contribution in [3.8, 4) is 5.75 Å². The summed E-state index contributed by atoms with van der Waals surface area (Å²) in [6.07, 6.45) is 0. The van der Waals surface area contributed by atoms with Gasteiger partial charge in [-0.15, -0.1) is 0 Å². The van der Waals surface area contributed by atoms with Gasteiger partial charge >= 0.3 is 0 Å². The van der Waals surface area contributed by atoms with Crippen LogP contribution in [0.1, 0.15) is 38.1 Å². The number of ether oxygens (including phenoxy) is 1. The van der Waals surface area contributed by atoms with Gasteiger partial charge in [0.25, 0.3) is 0 Å². The molecule has 0 spiro atoms. The van der Waals surface area contributed by atoms with Gasteiger partial charge in [0.15, 0.2) is 0 Å². The summed E-state index contributed by atoms with van der Waals surface area (Å²) in [6.45, 7) is 8.52. The van der Waals surface area contributed by atoms with Gasteiger partial charge in [-0.1, -0.05) is 43.6 Å². The summed E-state index contributed by atoms with van der Waals surface area (Å²) in [5.41, 5.74) is 0.212. The number of hydrogen-bond donors (Lipinski definition) is 0. The first-order valence-corrected chi connectivity index (χ1v) is 7.23. The molecule has 1 saturated carbocycles. The maximum absolute atomic E-state index is 14.1. The number of hydrogen-bond acceptors (Lipinski definition) is 1. The van der Waals surface area contributed by atoms with Gasteiger partial charge < -0.3 is 4.74 Å². The van der Waals surface area contributed by atoms with Gasteiger partial charge in [-0.3, -0.25) is 0 Å². The molecule has 106 valence electrons. The Morgan fingerprint density at radius 3 is 1.84 bits per heavy atom. The maximum Gasteiger partial charge on any atom is 0.134 e. The average Bonchev–Trinajstić information content (AvgIpc) is 2.67. The summed E-state index contributed by atoms with van der Waals surface area (Å²) in [4.78, 5) is -0.330. The third-order valence-electron chi connectivity index (χ3n) is 4.99. The predicted octanol–water partition coefficient (Wildman–Crippen LogP) is 5.09. The van der Waals surface area contributed by atoms with Crippen molar-refractivity contribution in [2.75, 3.05) is 7.11 Å². The molecule has 1 aromatic carbocycles. The zero-order valence-electron chi connectivity index (χ0n) is 11.9. The molecule has 0 aliphatic heterocycles. The van der Waals surface area contributed by atoms with Crippen LogP contribution in [0.5, 0.6) is 5.75 Å². The molecule has 4 heteroatoms. The molecule has 1 fully saturated rings. The Bertz CT molecular complexity index is 474. The van der Waals surface area contributed by atoms with E-state index in [2.05, 4.69) is 43.6 Å². The molecule has 1 atom stereocenters. The van der Waals surface area contributed by atoms with E-state index < -0.39 is 11.6 Å². The van der Waals surface area contributed by atoms with Gasteiger partial charge in [-0.25, -0.2) is 8.78 Å². The van der Waals surface area contributed by atoms with Crippen molar-refractivity contribution in [1.29, 1.82) is 0 Å². The van der Waals surface area contributed by atoms with Crippen molar-refractivity contribution >= 4 is 15.9 Å². The van der Waals surface area contributed by atoms with Crippen molar-refractivity contribution in [3.63, 3.8) is 0 Å². The highest BCUT2D eigenvalue weighted by molar-refractivity contribution is 9.09. The van der Waals surface area contributed by atoms with E-state index >= 15 is 0 Å². The molecule has 0 aromatic heterocycles. The first-order valence-electron chi connectivity index (χ1n) is 6.31. The standard InChI is InChI=1S/C15H19BrF2O/c1-14(2)13(15(14,3)4)12(16)11-9(17)6-8(19-5)7-10(11)18/h6-7,12-13H,1-5H3. The lowest BCUT2D eigenvalue weighted by molar-refractivity contribution is 0.404. The van der Waals surface area contributed by atoms with Gasteiger partial charge in [0.1, 0.15) is 17.4 Å². The zero-order chi connectivity index (χ0) is 14.6. The lowest BCUT2D eigenvalue weighted by atomic mass is 10.0. The van der Waals surface area contributed by atoms with E-state index in [1.54, 1.807) is 0 Å². The highest BCUT2D eigenvalue weighted by Gasteiger charge is 2.67. The monoisotopic (exact) mass is 332 g/mol. The fourth-order valence-electron chi connectivity index (χ4n) is 3.09. The smallest absolute Gasteiger partial charge is 0.134 e. The molecule has 0 radical (unpaired) electrons. The summed E-state index contributed by atoms with van der Waals surface area (Å²) in [7, 11) is 1.40. The second kappa shape index (κ2) is 4.44. The predicted molar refractivity (Wildman–Crippen MR) is 75.6 cm³/mol. The molecule has 1 aromatic rings. The molecule has 1 aliphatic carbocycles. The van der Waals surface area contributed by atoms with Gasteiger partial charge in [0, 0.05) is 22.5 Å². The summed E-state index contributed by atoms with van der Waals surface area (Å²) in [5, 5.41) is 0. The Hall–Kier alpha value is -0.640. The quantitative estimate of drug-likeness (QED) is 0.700. The average molecular weight is 333 g/mol. The fraction of sp³-hybridized carbons (Fsp3) is 0.600. The Balaban J connectivity index is 2.39. The summed E-state index contributed by atoms with van der Waals surface area (Å²) in [6, 6.07) is 2.46. The minimum absolute atomic E-state index is 0.0555. The van der Waals surface area contributed by atoms with Crippen LogP contribution in [0.4, 0.5) is 8.78 Å². The van der Waals surface area contributed by atoms with Crippen LogP contribution in [0.15, 0.2) is 12.1 Å². The number of rotatable bonds is 3. The van der Waals surface area contributed by atoms with Gasteiger partial charge in [-0.05, 0) is 16.7 Å². The lowest BCUT2D eigenvalue weighted by Crippen LogP contribution is -2.05. The minimum atomic E-state index is -0.558. The molecular weight excluding hydrogens is 314 g/mol. The molecule has 1 aliphatic rings. The Morgan fingerprint density at radius 1 is 1.11 bits per heavy atom. The number of benzene rings is 1. The van der Waals surface area contributed by atoms with E-state index in [-0.39, 0.29) is 32.9 Å². The van der Waals surface area contributed by atoms with Crippen LogP contribution >= 0.6 is 15.9 Å². The van der Waals surface area contributed by atoms with Crippen molar-refractivity contribution in [2.45, 2.75) is 32.5 Å². The van der Waals surface area contributed by atoms with E-state index in [4.69, 9.17) is 4.74 Å². The van der Waals surface area contributed by atoms with Crippen LogP contribution < -0.4 is 4.74 Å². The highest BCUT2D eigenvalue weighted by Crippen LogP contribution is 2.74. The molecule has 0 amide bonds. The first-order chi connectivity index (χ1) is 8.64. The number of alkyl halides is 1. The summed E-state index contributed by atoms with van der Waals surface area (Å²) >= 11 is 3.49. The Labute approximate surface area is 121 Å². The van der Waals surface area contributed by atoms with Crippen molar-refractivity contribution < 1.29 is 13.5 Å². The third kappa shape index (κ3) is 2.08. The molecule has 0 bridgehead atoms. The topological polar surface area (TPSA) is 9.23 Å². The van der Waals surface area contributed by atoms with Gasteiger partial charge in [0.05, 0.1) is 7.11 Å². The van der Waals surface area contributed by atoms with Crippen LogP contribution in [-0.4, -0.2) is 7.11 Å². The van der Waals surface area contributed by atoms with Crippen molar-refractivity contribution in [3.05, 3.63) is 29.3 Å². The van der Waals surface area contributed by atoms with Crippen molar-refractivity contribution in [1.82, 2.24) is 0 Å². The van der Waals surface area contributed by atoms with Gasteiger partial charge in [-0.2, -0.15) is 0 Å². The third-order valence-corrected chi connectivity index (χ3v) is 5.98. The normalized spacial score (nSPS) is 22.1. The molecular formula is C15H19BrF2O. The fourth-order valence-corrected chi connectivity index (χ4v) is 4.85. The molecule has 1 unspecified atom stereocenters. The molecule has 2 rings (SSSR count). The first kappa shape index (κ1) is 14.8. The lowest BCUT2D eigenvalue weighted by Gasteiger charge is -2.15. The second-order valence-corrected chi connectivity index (χ2v) is 7.31. The molecule has 0 saturated heterocycles.